The normalized spacial score (nSPS) is 23.0. The second kappa shape index (κ2) is 8.46. The van der Waals surface area contributed by atoms with Crippen LogP contribution in [0.3, 0.4) is 0 Å². The molecule has 3 atom stereocenters. The van der Waals surface area contributed by atoms with E-state index in [9.17, 15) is 4.79 Å². The topological polar surface area (TPSA) is 58.4 Å². The number of carbonyl (C=O) groups excluding carboxylic acids is 1. The smallest absolute Gasteiger partial charge is 0.237 e. The third-order valence-electron chi connectivity index (χ3n) is 4.92. The van der Waals surface area contributed by atoms with Gasteiger partial charge in [0.2, 0.25) is 5.91 Å². The zero-order valence-electron chi connectivity index (χ0n) is 14.7. The fourth-order valence-electron chi connectivity index (χ4n) is 3.38. The van der Waals surface area contributed by atoms with Crippen LogP contribution in [-0.2, 0) is 11.3 Å². The largest absolute Gasteiger partial charge is 0.350 e. The minimum atomic E-state index is -0.419. The van der Waals surface area contributed by atoms with Crippen molar-refractivity contribution in [2.75, 3.05) is 7.05 Å². The summed E-state index contributed by atoms with van der Waals surface area (Å²) in [5.41, 5.74) is 7.31. The molecule has 0 radical (unpaired) electrons. The van der Waals surface area contributed by atoms with Gasteiger partial charge in [0.25, 0.3) is 0 Å². The second-order valence-corrected chi connectivity index (χ2v) is 7.14. The molecule has 0 aromatic heterocycles. The molecule has 23 heavy (non-hydrogen) atoms. The number of likely N-dealkylation sites (N-methyl/N-ethyl adjacent to an activating group) is 1. The van der Waals surface area contributed by atoms with Gasteiger partial charge in [-0.25, -0.2) is 0 Å². The van der Waals surface area contributed by atoms with Crippen LogP contribution in [0.5, 0.6) is 0 Å². The van der Waals surface area contributed by atoms with Gasteiger partial charge in [0.1, 0.15) is 0 Å². The predicted octanol–water partition coefficient (Wildman–Crippen LogP) is 2.53. The summed E-state index contributed by atoms with van der Waals surface area (Å²) in [6.45, 7) is 4.89. The summed E-state index contributed by atoms with van der Waals surface area (Å²) in [4.78, 5) is 14.7. The average molecular weight is 317 g/mol. The number of amides is 1. The molecule has 0 aliphatic heterocycles. The summed E-state index contributed by atoms with van der Waals surface area (Å²) >= 11 is 0. The highest BCUT2D eigenvalue weighted by atomic mass is 16.2. The molecule has 1 saturated carbocycles. The average Bonchev–Trinajstić information content (AvgIpc) is 2.55. The van der Waals surface area contributed by atoms with Gasteiger partial charge in [-0.05, 0) is 31.4 Å². The molecule has 3 unspecified atom stereocenters. The van der Waals surface area contributed by atoms with Gasteiger partial charge in [0, 0.05) is 18.6 Å². The van der Waals surface area contributed by atoms with Crippen molar-refractivity contribution in [2.45, 2.75) is 64.2 Å². The van der Waals surface area contributed by atoms with Gasteiger partial charge in [-0.1, -0.05) is 57.0 Å². The zero-order valence-corrected chi connectivity index (χ0v) is 14.7. The van der Waals surface area contributed by atoms with Crippen LogP contribution in [0, 0.1) is 5.92 Å². The molecule has 0 bridgehead atoms. The van der Waals surface area contributed by atoms with Crippen molar-refractivity contribution in [2.24, 2.45) is 11.7 Å². The third kappa shape index (κ3) is 5.05. The van der Waals surface area contributed by atoms with Crippen LogP contribution in [0.4, 0.5) is 0 Å². The Morgan fingerprint density at radius 3 is 2.57 bits per heavy atom. The lowest BCUT2D eigenvalue weighted by Gasteiger charge is -2.39. The molecule has 1 fully saturated rings. The van der Waals surface area contributed by atoms with Crippen molar-refractivity contribution in [1.82, 2.24) is 10.2 Å². The first-order chi connectivity index (χ1) is 11.0. The van der Waals surface area contributed by atoms with Gasteiger partial charge >= 0.3 is 0 Å². The summed E-state index contributed by atoms with van der Waals surface area (Å²) in [7, 11) is 2.16. The van der Waals surface area contributed by atoms with E-state index in [0.717, 1.165) is 19.4 Å². The molecule has 1 aromatic carbocycles. The lowest BCUT2D eigenvalue weighted by Crippen LogP contribution is -2.56. The number of hydrogen-bond donors (Lipinski definition) is 2. The Hall–Kier alpha value is -1.39. The van der Waals surface area contributed by atoms with Gasteiger partial charge in [-0.2, -0.15) is 0 Å². The van der Waals surface area contributed by atoms with Crippen molar-refractivity contribution in [1.29, 1.82) is 0 Å². The Morgan fingerprint density at radius 2 is 1.91 bits per heavy atom. The number of nitrogens with zero attached hydrogens (tertiary/aromatic N) is 1. The first kappa shape index (κ1) is 18.0. The first-order valence-electron chi connectivity index (χ1n) is 8.79. The molecule has 1 aliphatic carbocycles. The monoisotopic (exact) mass is 317 g/mol. The predicted molar refractivity (Wildman–Crippen MR) is 94.9 cm³/mol. The van der Waals surface area contributed by atoms with Crippen LogP contribution in [0.1, 0.15) is 45.1 Å². The quantitative estimate of drug-likeness (QED) is 0.847. The van der Waals surface area contributed by atoms with Crippen molar-refractivity contribution in [3.05, 3.63) is 35.9 Å². The minimum absolute atomic E-state index is 0.00925. The van der Waals surface area contributed by atoms with E-state index in [0.29, 0.717) is 6.04 Å². The molecular formula is C19H31N3O. The molecule has 1 aliphatic rings. The van der Waals surface area contributed by atoms with E-state index in [1.54, 1.807) is 0 Å². The van der Waals surface area contributed by atoms with Crippen molar-refractivity contribution < 1.29 is 4.79 Å². The number of nitrogens with one attached hydrogen (secondary N) is 1. The second-order valence-electron chi connectivity index (χ2n) is 7.14. The highest BCUT2D eigenvalue weighted by Crippen LogP contribution is 2.24. The van der Waals surface area contributed by atoms with Crippen LogP contribution in [0.25, 0.3) is 0 Å². The fourth-order valence-corrected chi connectivity index (χ4v) is 3.38. The van der Waals surface area contributed by atoms with Crippen molar-refractivity contribution in [3.8, 4) is 0 Å². The van der Waals surface area contributed by atoms with E-state index in [1.807, 2.05) is 19.9 Å². The maximum atomic E-state index is 12.3. The Kier molecular flexibility index (Phi) is 6.60. The SMILES string of the molecule is CC(C)C(N)C(=O)NC1CCCCC1N(C)Cc1ccccc1. The Balaban J connectivity index is 1.98. The van der Waals surface area contributed by atoms with E-state index in [1.165, 1.54) is 18.4 Å². The van der Waals surface area contributed by atoms with Gasteiger partial charge < -0.3 is 11.1 Å². The van der Waals surface area contributed by atoms with E-state index in [-0.39, 0.29) is 17.9 Å². The lowest BCUT2D eigenvalue weighted by molar-refractivity contribution is -0.124. The Morgan fingerprint density at radius 1 is 1.26 bits per heavy atom. The summed E-state index contributed by atoms with van der Waals surface area (Å²) in [6, 6.07) is 10.7. The van der Waals surface area contributed by atoms with Crippen LogP contribution in [-0.4, -0.2) is 36.0 Å². The first-order valence-corrected chi connectivity index (χ1v) is 8.79. The maximum Gasteiger partial charge on any atom is 0.237 e. The summed E-state index contributed by atoms with van der Waals surface area (Å²) < 4.78 is 0. The third-order valence-corrected chi connectivity index (χ3v) is 4.92. The number of hydrogen-bond acceptors (Lipinski definition) is 3. The van der Waals surface area contributed by atoms with Gasteiger partial charge in [0.05, 0.1) is 6.04 Å². The van der Waals surface area contributed by atoms with Gasteiger partial charge in [-0.3, -0.25) is 9.69 Å². The van der Waals surface area contributed by atoms with Crippen molar-refractivity contribution in [3.63, 3.8) is 0 Å². The van der Waals surface area contributed by atoms with E-state index < -0.39 is 6.04 Å². The molecule has 3 N–H and O–H groups in total. The molecular weight excluding hydrogens is 286 g/mol. The van der Waals surface area contributed by atoms with E-state index >= 15 is 0 Å². The molecule has 1 aromatic rings. The standard InChI is InChI=1S/C19H31N3O/c1-14(2)18(20)19(23)21-16-11-7-8-12-17(16)22(3)13-15-9-5-4-6-10-15/h4-6,9-10,14,16-18H,7-8,11-13,20H2,1-3H3,(H,21,23). The molecule has 2 rings (SSSR count). The number of benzene rings is 1. The zero-order chi connectivity index (χ0) is 16.8. The molecule has 0 spiro atoms. The summed E-state index contributed by atoms with van der Waals surface area (Å²) in [6.07, 6.45) is 4.58. The highest BCUT2D eigenvalue weighted by Gasteiger charge is 2.31. The van der Waals surface area contributed by atoms with Gasteiger partial charge in [0.15, 0.2) is 0 Å². The minimum Gasteiger partial charge on any atom is -0.350 e. The fraction of sp³-hybridized carbons (Fsp3) is 0.632. The van der Waals surface area contributed by atoms with E-state index in [2.05, 4.69) is 41.5 Å². The Labute approximate surface area is 140 Å². The van der Waals surface area contributed by atoms with Crippen LogP contribution >= 0.6 is 0 Å². The van der Waals surface area contributed by atoms with E-state index in [4.69, 9.17) is 5.73 Å². The van der Waals surface area contributed by atoms with Crippen molar-refractivity contribution >= 4 is 5.91 Å². The number of rotatable bonds is 6. The Bertz CT molecular complexity index is 489. The molecule has 0 saturated heterocycles. The van der Waals surface area contributed by atoms with Crippen LogP contribution < -0.4 is 11.1 Å². The number of carbonyl (C=O) groups is 1. The number of nitrogens with two attached hydrogens (primary N) is 1. The molecule has 1 amide bonds. The van der Waals surface area contributed by atoms with Gasteiger partial charge in [-0.15, -0.1) is 0 Å². The highest BCUT2D eigenvalue weighted by molar-refractivity contribution is 5.82. The maximum absolute atomic E-state index is 12.3. The summed E-state index contributed by atoms with van der Waals surface area (Å²) in [5.74, 6) is 0.157. The molecule has 4 nitrogen and oxygen atoms in total. The van der Waals surface area contributed by atoms with Crippen LogP contribution in [0.15, 0.2) is 30.3 Å². The lowest BCUT2D eigenvalue weighted by atomic mass is 9.88. The molecule has 128 valence electrons. The summed E-state index contributed by atoms with van der Waals surface area (Å²) in [5, 5.41) is 3.21. The molecule has 4 heteroatoms. The molecule has 0 heterocycles. The van der Waals surface area contributed by atoms with Crippen LogP contribution in [0.2, 0.25) is 0 Å².